The third kappa shape index (κ3) is 3.10. The Bertz CT molecular complexity index is 632. The number of nitrogens with zero attached hydrogens (tertiary/aromatic N) is 1. The van der Waals surface area contributed by atoms with E-state index in [4.69, 9.17) is 11.5 Å². The molecule has 2 aromatic rings. The Morgan fingerprint density at radius 3 is 2.32 bits per heavy atom. The molecule has 0 bridgehead atoms. The van der Waals surface area contributed by atoms with Crippen LogP contribution in [-0.2, 0) is 0 Å². The first-order valence-electron chi connectivity index (χ1n) is 5.60. The number of aromatic hydroxyl groups is 1. The fourth-order valence-corrected chi connectivity index (χ4v) is 1.71. The summed E-state index contributed by atoms with van der Waals surface area (Å²) < 4.78 is 0. The molecule has 0 aromatic heterocycles. The maximum Gasteiger partial charge on any atom is 0.280 e. The van der Waals surface area contributed by atoms with E-state index in [2.05, 4.69) is 4.99 Å². The molecule has 0 spiro atoms. The number of phenolic OH excluding ortho intramolecular Hbond substituents is 1. The van der Waals surface area contributed by atoms with Gasteiger partial charge in [0.05, 0.1) is 0 Å². The van der Waals surface area contributed by atoms with Crippen LogP contribution in [0.1, 0.15) is 10.4 Å². The zero-order chi connectivity index (χ0) is 13.8. The zero-order valence-electron chi connectivity index (χ0n) is 10.1. The average Bonchev–Trinajstić information content (AvgIpc) is 2.38. The van der Waals surface area contributed by atoms with Crippen LogP contribution in [0.3, 0.4) is 0 Å². The van der Waals surface area contributed by atoms with Gasteiger partial charge >= 0.3 is 0 Å². The van der Waals surface area contributed by atoms with E-state index in [0.29, 0.717) is 0 Å². The predicted octanol–water partition coefficient (Wildman–Crippen LogP) is 1.47. The lowest BCUT2D eigenvalue weighted by molar-refractivity contribution is 0.100. The molecule has 0 fully saturated rings. The lowest BCUT2D eigenvalue weighted by Gasteiger charge is -2.05. The van der Waals surface area contributed by atoms with Crippen LogP contribution < -0.4 is 11.5 Å². The van der Waals surface area contributed by atoms with Crippen molar-refractivity contribution in [3.63, 3.8) is 0 Å². The SMILES string of the molecule is NC(N)=NC(=O)c1cc(O)cc(-c2ccccc2)c1. The number of benzene rings is 2. The highest BCUT2D eigenvalue weighted by Gasteiger charge is 2.09. The minimum Gasteiger partial charge on any atom is -0.508 e. The van der Waals surface area contributed by atoms with Crippen molar-refractivity contribution in [2.24, 2.45) is 16.5 Å². The van der Waals surface area contributed by atoms with E-state index in [0.717, 1.165) is 11.1 Å². The van der Waals surface area contributed by atoms with Gasteiger partial charge in [0.15, 0.2) is 5.96 Å². The Morgan fingerprint density at radius 2 is 1.68 bits per heavy atom. The van der Waals surface area contributed by atoms with Crippen LogP contribution in [0.5, 0.6) is 5.75 Å². The quantitative estimate of drug-likeness (QED) is 0.558. The highest BCUT2D eigenvalue weighted by Crippen LogP contribution is 2.25. The van der Waals surface area contributed by atoms with E-state index in [1.54, 1.807) is 12.1 Å². The van der Waals surface area contributed by atoms with Gasteiger partial charge in [0.2, 0.25) is 0 Å². The van der Waals surface area contributed by atoms with E-state index < -0.39 is 5.91 Å². The van der Waals surface area contributed by atoms with E-state index in [-0.39, 0.29) is 17.3 Å². The number of guanidine groups is 1. The number of aliphatic imine (C=N–C) groups is 1. The summed E-state index contributed by atoms with van der Waals surface area (Å²) in [5.74, 6) is -0.918. The lowest BCUT2D eigenvalue weighted by Crippen LogP contribution is -2.24. The van der Waals surface area contributed by atoms with Crippen molar-refractivity contribution in [2.45, 2.75) is 0 Å². The van der Waals surface area contributed by atoms with Crippen LogP contribution in [-0.4, -0.2) is 17.0 Å². The van der Waals surface area contributed by atoms with Crippen molar-refractivity contribution in [2.75, 3.05) is 0 Å². The Kier molecular flexibility index (Phi) is 3.47. The first-order valence-corrected chi connectivity index (χ1v) is 5.60. The molecule has 5 heteroatoms. The van der Waals surface area contributed by atoms with Gasteiger partial charge in [0, 0.05) is 5.56 Å². The van der Waals surface area contributed by atoms with Crippen LogP contribution in [0.4, 0.5) is 0 Å². The normalized spacial score (nSPS) is 9.89. The van der Waals surface area contributed by atoms with E-state index in [1.807, 2.05) is 30.3 Å². The maximum atomic E-state index is 11.7. The molecule has 19 heavy (non-hydrogen) atoms. The summed E-state index contributed by atoms with van der Waals surface area (Å²) in [6.45, 7) is 0. The first-order chi connectivity index (χ1) is 9.06. The highest BCUT2D eigenvalue weighted by atomic mass is 16.3. The molecule has 0 aliphatic heterocycles. The number of hydrogen-bond donors (Lipinski definition) is 3. The van der Waals surface area contributed by atoms with Crippen molar-refractivity contribution in [3.8, 4) is 16.9 Å². The van der Waals surface area contributed by atoms with Crippen LogP contribution >= 0.6 is 0 Å². The molecule has 0 atom stereocenters. The van der Waals surface area contributed by atoms with Crippen LogP contribution in [0.15, 0.2) is 53.5 Å². The van der Waals surface area contributed by atoms with E-state index in [1.165, 1.54) is 6.07 Å². The lowest BCUT2D eigenvalue weighted by atomic mass is 10.0. The molecule has 96 valence electrons. The molecule has 2 rings (SSSR count). The van der Waals surface area contributed by atoms with Crippen molar-refractivity contribution >= 4 is 11.9 Å². The van der Waals surface area contributed by atoms with Crippen molar-refractivity contribution in [1.82, 2.24) is 0 Å². The largest absolute Gasteiger partial charge is 0.508 e. The molecule has 5 nitrogen and oxygen atoms in total. The molecule has 5 N–H and O–H groups in total. The highest BCUT2D eigenvalue weighted by molar-refractivity contribution is 6.02. The second-order valence-electron chi connectivity index (χ2n) is 3.98. The molecule has 0 saturated heterocycles. The molecule has 0 unspecified atom stereocenters. The molecule has 0 radical (unpaired) electrons. The third-order valence-corrected chi connectivity index (χ3v) is 2.50. The fraction of sp³-hybridized carbons (Fsp3) is 0. The van der Waals surface area contributed by atoms with Gasteiger partial charge < -0.3 is 16.6 Å². The number of nitrogens with two attached hydrogens (primary N) is 2. The van der Waals surface area contributed by atoms with Crippen LogP contribution in [0.25, 0.3) is 11.1 Å². The summed E-state index contributed by atoms with van der Waals surface area (Å²) >= 11 is 0. The molecule has 0 aliphatic rings. The number of rotatable bonds is 2. The fourth-order valence-electron chi connectivity index (χ4n) is 1.71. The van der Waals surface area contributed by atoms with Crippen LogP contribution in [0.2, 0.25) is 0 Å². The van der Waals surface area contributed by atoms with Gasteiger partial charge in [0.1, 0.15) is 5.75 Å². The van der Waals surface area contributed by atoms with E-state index in [9.17, 15) is 9.90 Å². The van der Waals surface area contributed by atoms with Gasteiger partial charge in [-0.15, -0.1) is 0 Å². The Balaban J connectivity index is 2.46. The summed E-state index contributed by atoms with van der Waals surface area (Å²) in [6.07, 6.45) is 0. The molecule has 0 saturated carbocycles. The number of carbonyl (C=O) groups is 1. The number of amides is 1. The van der Waals surface area contributed by atoms with Crippen molar-refractivity contribution in [3.05, 3.63) is 54.1 Å². The zero-order valence-corrected chi connectivity index (χ0v) is 10.1. The van der Waals surface area contributed by atoms with Gasteiger partial charge in [-0.3, -0.25) is 4.79 Å². The van der Waals surface area contributed by atoms with Gasteiger partial charge in [0.25, 0.3) is 5.91 Å². The summed E-state index contributed by atoms with van der Waals surface area (Å²) in [4.78, 5) is 15.2. The molecule has 1 amide bonds. The first kappa shape index (κ1) is 12.6. The van der Waals surface area contributed by atoms with Crippen molar-refractivity contribution in [1.29, 1.82) is 0 Å². The number of phenols is 1. The van der Waals surface area contributed by atoms with Gasteiger partial charge in [-0.25, -0.2) is 0 Å². The monoisotopic (exact) mass is 255 g/mol. The molecule has 2 aromatic carbocycles. The molecular formula is C14H13N3O2. The molecule has 0 heterocycles. The Morgan fingerprint density at radius 1 is 1.00 bits per heavy atom. The summed E-state index contributed by atoms with van der Waals surface area (Å²) in [6, 6.07) is 13.9. The summed E-state index contributed by atoms with van der Waals surface area (Å²) in [5, 5.41) is 9.68. The summed E-state index contributed by atoms with van der Waals surface area (Å²) in [5.41, 5.74) is 12.2. The van der Waals surface area contributed by atoms with Crippen LogP contribution in [0, 0.1) is 0 Å². The second-order valence-corrected chi connectivity index (χ2v) is 3.98. The average molecular weight is 255 g/mol. The van der Waals surface area contributed by atoms with E-state index >= 15 is 0 Å². The van der Waals surface area contributed by atoms with Crippen molar-refractivity contribution < 1.29 is 9.90 Å². The second kappa shape index (κ2) is 5.22. The molecule has 0 aliphatic carbocycles. The topological polar surface area (TPSA) is 102 Å². The van der Waals surface area contributed by atoms with Gasteiger partial charge in [-0.1, -0.05) is 30.3 Å². The number of hydrogen-bond acceptors (Lipinski definition) is 2. The Labute approximate surface area is 110 Å². The van der Waals surface area contributed by atoms with Gasteiger partial charge in [-0.2, -0.15) is 4.99 Å². The standard InChI is InChI=1S/C14H13N3O2/c15-14(16)17-13(19)11-6-10(7-12(18)8-11)9-4-2-1-3-5-9/h1-8,18H,(H4,15,16,17,19). The molecular weight excluding hydrogens is 242 g/mol. The van der Waals surface area contributed by atoms with Gasteiger partial charge in [-0.05, 0) is 29.3 Å². The predicted molar refractivity (Wildman–Crippen MR) is 73.7 cm³/mol. The Hall–Kier alpha value is -2.82. The smallest absolute Gasteiger partial charge is 0.280 e. The minimum absolute atomic E-state index is 0.0181. The minimum atomic E-state index is -0.590. The number of carbonyl (C=O) groups excluding carboxylic acids is 1. The summed E-state index contributed by atoms with van der Waals surface area (Å²) in [7, 11) is 0. The third-order valence-electron chi connectivity index (χ3n) is 2.50. The maximum absolute atomic E-state index is 11.7.